The van der Waals surface area contributed by atoms with Crippen LogP contribution in [-0.4, -0.2) is 46.8 Å². The molecule has 116 valence electrons. The van der Waals surface area contributed by atoms with E-state index < -0.39 is 0 Å². The average molecular weight is 298 g/mol. The molecule has 5 nitrogen and oxygen atoms in total. The third-order valence-corrected chi connectivity index (χ3v) is 4.18. The second-order valence-electron chi connectivity index (χ2n) is 5.79. The van der Waals surface area contributed by atoms with Crippen molar-refractivity contribution in [3.63, 3.8) is 0 Å². The maximum Gasteiger partial charge on any atom is 0.257 e. The molecule has 1 atom stereocenters. The normalized spacial score (nSPS) is 18.4. The number of nitrogens with zero attached hydrogens (tertiary/aromatic N) is 3. The lowest BCUT2D eigenvalue weighted by molar-refractivity contribution is 0.0698. The Morgan fingerprint density at radius 3 is 2.95 bits per heavy atom. The van der Waals surface area contributed by atoms with Crippen molar-refractivity contribution in [1.29, 1.82) is 0 Å². The minimum atomic E-state index is 0.0826. The van der Waals surface area contributed by atoms with Gasteiger partial charge in [0.1, 0.15) is 0 Å². The molecule has 1 fully saturated rings. The van der Waals surface area contributed by atoms with Gasteiger partial charge in [0.05, 0.1) is 18.3 Å². The van der Waals surface area contributed by atoms with Gasteiger partial charge >= 0.3 is 0 Å². The quantitative estimate of drug-likeness (QED) is 0.935. The molecule has 1 amide bonds. The molecule has 0 bridgehead atoms. The summed E-state index contributed by atoms with van der Waals surface area (Å²) in [6, 6.07) is 10.5. The van der Waals surface area contributed by atoms with Gasteiger partial charge in [-0.25, -0.2) is 0 Å². The number of hydrogen-bond donors (Lipinski definition) is 1. The molecule has 0 saturated carbocycles. The lowest BCUT2D eigenvalue weighted by Gasteiger charge is -2.32. The molecule has 5 heteroatoms. The van der Waals surface area contributed by atoms with Crippen LogP contribution in [0.4, 0.5) is 0 Å². The van der Waals surface area contributed by atoms with E-state index in [0.29, 0.717) is 18.2 Å². The van der Waals surface area contributed by atoms with E-state index in [1.807, 2.05) is 41.0 Å². The number of nitrogens with one attached hydrogen (secondary N) is 1. The van der Waals surface area contributed by atoms with Crippen LogP contribution < -0.4 is 5.32 Å². The summed E-state index contributed by atoms with van der Waals surface area (Å²) >= 11 is 0. The molecule has 1 aliphatic heterocycles. The van der Waals surface area contributed by atoms with E-state index in [9.17, 15) is 4.79 Å². The fourth-order valence-corrected chi connectivity index (χ4v) is 2.91. The molecule has 2 aromatic rings. The van der Waals surface area contributed by atoms with Crippen molar-refractivity contribution in [2.24, 2.45) is 0 Å². The molecule has 2 heterocycles. The predicted octanol–water partition coefficient (Wildman–Crippen LogP) is 1.76. The minimum Gasteiger partial charge on any atom is -0.337 e. The minimum absolute atomic E-state index is 0.0826. The van der Waals surface area contributed by atoms with E-state index >= 15 is 0 Å². The van der Waals surface area contributed by atoms with E-state index in [1.54, 1.807) is 6.20 Å². The molecule has 1 saturated heterocycles. The van der Waals surface area contributed by atoms with Crippen molar-refractivity contribution in [1.82, 2.24) is 20.0 Å². The van der Waals surface area contributed by atoms with Crippen molar-refractivity contribution in [2.45, 2.75) is 25.4 Å². The Bertz CT molecular complexity index is 623. The van der Waals surface area contributed by atoms with Crippen molar-refractivity contribution in [3.05, 3.63) is 53.9 Å². The van der Waals surface area contributed by atoms with Gasteiger partial charge in [0, 0.05) is 25.3 Å². The van der Waals surface area contributed by atoms with Crippen LogP contribution in [0.15, 0.2) is 42.7 Å². The van der Waals surface area contributed by atoms with Gasteiger partial charge in [0.2, 0.25) is 0 Å². The summed E-state index contributed by atoms with van der Waals surface area (Å²) < 4.78 is 1.82. The predicted molar refractivity (Wildman–Crippen MR) is 85.8 cm³/mol. The number of likely N-dealkylation sites (N-methyl/N-ethyl adjacent to an activating group) is 1. The SMILES string of the molecule is CNC1CCCN(C(=O)c2cnn(Cc3ccccc3)c2)C1. The van der Waals surface area contributed by atoms with E-state index in [1.165, 1.54) is 5.56 Å². The van der Waals surface area contributed by atoms with Crippen LogP contribution in [0.1, 0.15) is 28.8 Å². The first-order valence-corrected chi connectivity index (χ1v) is 7.79. The van der Waals surface area contributed by atoms with Gasteiger partial charge in [-0.3, -0.25) is 9.48 Å². The molecule has 1 N–H and O–H groups in total. The molecular weight excluding hydrogens is 276 g/mol. The summed E-state index contributed by atoms with van der Waals surface area (Å²) in [5.41, 5.74) is 1.85. The summed E-state index contributed by atoms with van der Waals surface area (Å²) in [5, 5.41) is 7.58. The van der Waals surface area contributed by atoms with Crippen LogP contribution >= 0.6 is 0 Å². The third kappa shape index (κ3) is 3.36. The third-order valence-electron chi connectivity index (χ3n) is 4.18. The first-order chi connectivity index (χ1) is 10.8. The summed E-state index contributed by atoms with van der Waals surface area (Å²) in [7, 11) is 1.95. The number of benzene rings is 1. The van der Waals surface area contributed by atoms with Crippen molar-refractivity contribution >= 4 is 5.91 Å². The number of hydrogen-bond acceptors (Lipinski definition) is 3. The Labute approximate surface area is 130 Å². The Hall–Kier alpha value is -2.14. The maximum absolute atomic E-state index is 12.6. The molecule has 22 heavy (non-hydrogen) atoms. The number of likely N-dealkylation sites (tertiary alicyclic amines) is 1. The number of rotatable bonds is 4. The van der Waals surface area contributed by atoms with Gasteiger partial charge in [-0.2, -0.15) is 5.10 Å². The molecule has 1 aliphatic rings. The first-order valence-electron chi connectivity index (χ1n) is 7.79. The highest BCUT2D eigenvalue weighted by Crippen LogP contribution is 2.14. The second-order valence-corrected chi connectivity index (χ2v) is 5.79. The lowest BCUT2D eigenvalue weighted by Crippen LogP contribution is -2.46. The standard InChI is InChI=1S/C17H22N4O/c1-18-16-8-5-9-20(13-16)17(22)15-10-19-21(12-15)11-14-6-3-2-4-7-14/h2-4,6-7,10,12,16,18H,5,8-9,11,13H2,1H3. The molecule has 0 spiro atoms. The fourth-order valence-electron chi connectivity index (χ4n) is 2.91. The molecule has 0 aliphatic carbocycles. The Morgan fingerprint density at radius 1 is 1.36 bits per heavy atom. The maximum atomic E-state index is 12.6. The molecule has 3 rings (SSSR count). The largest absolute Gasteiger partial charge is 0.337 e. The summed E-state index contributed by atoms with van der Waals surface area (Å²) in [6.07, 6.45) is 5.70. The molecular formula is C17H22N4O. The fraction of sp³-hybridized carbons (Fsp3) is 0.412. The zero-order chi connectivity index (χ0) is 15.4. The van der Waals surface area contributed by atoms with E-state index in [4.69, 9.17) is 0 Å². The Morgan fingerprint density at radius 2 is 2.18 bits per heavy atom. The van der Waals surface area contributed by atoms with Crippen LogP contribution in [0.2, 0.25) is 0 Å². The van der Waals surface area contributed by atoms with Crippen LogP contribution in [0, 0.1) is 0 Å². The zero-order valence-electron chi connectivity index (χ0n) is 12.9. The van der Waals surface area contributed by atoms with Crippen LogP contribution in [0.5, 0.6) is 0 Å². The number of amides is 1. The van der Waals surface area contributed by atoms with Gasteiger partial charge in [-0.1, -0.05) is 30.3 Å². The second kappa shape index (κ2) is 6.75. The molecule has 1 unspecified atom stereocenters. The topological polar surface area (TPSA) is 50.2 Å². The van der Waals surface area contributed by atoms with Crippen molar-refractivity contribution in [3.8, 4) is 0 Å². The summed E-state index contributed by atoms with van der Waals surface area (Å²) in [5.74, 6) is 0.0826. The van der Waals surface area contributed by atoms with Gasteiger partial charge in [-0.05, 0) is 25.5 Å². The summed E-state index contributed by atoms with van der Waals surface area (Å²) in [6.45, 7) is 2.30. The first kappa shape index (κ1) is 14.8. The van der Waals surface area contributed by atoms with Gasteiger partial charge in [0.25, 0.3) is 5.91 Å². The summed E-state index contributed by atoms with van der Waals surface area (Å²) in [4.78, 5) is 14.5. The van der Waals surface area contributed by atoms with Crippen LogP contribution in [0.3, 0.4) is 0 Å². The van der Waals surface area contributed by atoms with Crippen molar-refractivity contribution < 1.29 is 4.79 Å². The molecule has 0 radical (unpaired) electrons. The van der Waals surface area contributed by atoms with E-state index in [2.05, 4.69) is 22.5 Å². The lowest BCUT2D eigenvalue weighted by atomic mass is 10.1. The highest BCUT2D eigenvalue weighted by Gasteiger charge is 2.24. The number of carbonyl (C=O) groups is 1. The van der Waals surface area contributed by atoms with Crippen LogP contribution in [0.25, 0.3) is 0 Å². The van der Waals surface area contributed by atoms with Gasteiger partial charge in [-0.15, -0.1) is 0 Å². The van der Waals surface area contributed by atoms with Crippen LogP contribution in [-0.2, 0) is 6.54 Å². The van der Waals surface area contributed by atoms with Gasteiger partial charge < -0.3 is 10.2 Å². The van der Waals surface area contributed by atoms with Gasteiger partial charge in [0.15, 0.2) is 0 Å². The number of piperidine rings is 1. The Balaban J connectivity index is 1.66. The Kier molecular flexibility index (Phi) is 4.53. The highest BCUT2D eigenvalue weighted by molar-refractivity contribution is 5.93. The number of aromatic nitrogens is 2. The van der Waals surface area contributed by atoms with E-state index in [0.717, 1.165) is 25.9 Å². The number of carbonyl (C=O) groups excluding carboxylic acids is 1. The molecule has 1 aromatic carbocycles. The average Bonchev–Trinajstić information content (AvgIpc) is 3.03. The van der Waals surface area contributed by atoms with E-state index in [-0.39, 0.29) is 5.91 Å². The van der Waals surface area contributed by atoms with Crippen molar-refractivity contribution in [2.75, 3.05) is 20.1 Å². The zero-order valence-corrected chi connectivity index (χ0v) is 12.9. The molecule has 1 aromatic heterocycles. The monoisotopic (exact) mass is 298 g/mol. The smallest absolute Gasteiger partial charge is 0.257 e. The highest BCUT2D eigenvalue weighted by atomic mass is 16.2.